The van der Waals surface area contributed by atoms with Gasteiger partial charge in [0, 0.05) is 22.7 Å². The molecule has 1 N–H and O–H groups in total. The molecular formula is C17H13NO5S. The van der Waals surface area contributed by atoms with Crippen LogP contribution in [0.15, 0.2) is 68.7 Å². The summed E-state index contributed by atoms with van der Waals surface area (Å²) in [4.78, 5) is 22.4. The van der Waals surface area contributed by atoms with Crippen LogP contribution in [0.25, 0.3) is 11.0 Å². The average Bonchev–Trinajstić information content (AvgIpc) is 2.54. The Balaban J connectivity index is 1.93. The van der Waals surface area contributed by atoms with E-state index in [4.69, 9.17) is 4.42 Å². The first-order valence-corrected chi connectivity index (χ1v) is 8.51. The molecule has 3 rings (SSSR count). The molecule has 1 aromatic heterocycles. The molecule has 0 atom stereocenters. The van der Waals surface area contributed by atoms with Crippen molar-refractivity contribution in [2.24, 2.45) is 0 Å². The molecule has 0 aliphatic heterocycles. The van der Waals surface area contributed by atoms with Crippen LogP contribution >= 0.6 is 0 Å². The van der Waals surface area contributed by atoms with Crippen LogP contribution in [0.5, 0.6) is 0 Å². The Labute approximate surface area is 137 Å². The second-order valence-electron chi connectivity index (χ2n) is 5.19. The van der Waals surface area contributed by atoms with Crippen LogP contribution in [0.2, 0.25) is 0 Å². The molecule has 7 heteroatoms. The summed E-state index contributed by atoms with van der Waals surface area (Å²) in [6.45, 7) is 1.44. The van der Waals surface area contributed by atoms with Gasteiger partial charge in [0.1, 0.15) is 5.58 Å². The summed E-state index contributed by atoms with van der Waals surface area (Å²) in [6, 6.07) is 13.1. The highest BCUT2D eigenvalue weighted by Crippen LogP contribution is 2.21. The SMILES string of the molecule is CC(=O)c1ccc(NS(=O)(=O)c2ccc3oc(=O)ccc3c2)cc1. The number of hydrogen-bond acceptors (Lipinski definition) is 5. The minimum absolute atomic E-state index is 0.0412. The Kier molecular flexibility index (Phi) is 3.94. The highest BCUT2D eigenvalue weighted by atomic mass is 32.2. The van der Waals surface area contributed by atoms with Gasteiger partial charge in [0.05, 0.1) is 4.90 Å². The summed E-state index contributed by atoms with van der Waals surface area (Å²) in [6.07, 6.45) is 0. The second-order valence-corrected chi connectivity index (χ2v) is 6.88. The molecule has 0 unspecified atom stereocenters. The van der Waals surface area contributed by atoms with Crippen molar-refractivity contribution in [3.05, 3.63) is 70.6 Å². The lowest BCUT2D eigenvalue weighted by Crippen LogP contribution is -2.13. The number of anilines is 1. The minimum Gasteiger partial charge on any atom is -0.423 e. The average molecular weight is 343 g/mol. The third kappa shape index (κ3) is 3.21. The van der Waals surface area contributed by atoms with Gasteiger partial charge in [0.2, 0.25) is 0 Å². The van der Waals surface area contributed by atoms with Crippen LogP contribution in [0.1, 0.15) is 17.3 Å². The van der Waals surface area contributed by atoms with E-state index in [0.29, 0.717) is 22.2 Å². The van der Waals surface area contributed by atoms with E-state index in [-0.39, 0.29) is 10.7 Å². The molecule has 0 bridgehead atoms. The molecule has 0 saturated carbocycles. The monoisotopic (exact) mass is 343 g/mol. The number of nitrogens with one attached hydrogen (secondary N) is 1. The molecule has 3 aromatic rings. The first kappa shape index (κ1) is 15.9. The molecule has 0 spiro atoms. The molecule has 0 fully saturated rings. The predicted octanol–water partition coefficient (Wildman–Crippen LogP) is 2.80. The molecular weight excluding hydrogens is 330 g/mol. The van der Waals surface area contributed by atoms with E-state index >= 15 is 0 Å². The predicted molar refractivity (Wildman–Crippen MR) is 89.7 cm³/mol. The molecule has 0 saturated heterocycles. The molecule has 1 heterocycles. The van der Waals surface area contributed by atoms with E-state index in [1.807, 2.05) is 0 Å². The van der Waals surface area contributed by atoms with Gasteiger partial charge in [-0.25, -0.2) is 13.2 Å². The second kappa shape index (κ2) is 5.93. The highest BCUT2D eigenvalue weighted by molar-refractivity contribution is 7.92. The first-order valence-electron chi connectivity index (χ1n) is 7.03. The molecule has 2 aromatic carbocycles. The van der Waals surface area contributed by atoms with Gasteiger partial charge in [-0.1, -0.05) is 0 Å². The number of Topliss-reactive ketones (excluding diaryl/α,β-unsaturated/α-hetero) is 1. The maximum Gasteiger partial charge on any atom is 0.336 e. The number of benzene rings is 2. The summed E-state index contributed by atoms with van der Waals surface area (Å²) >= 11 is 0. The van der Waals surface area contributed by atoms with E-state index in [9.17, 15) is 18.0 Å². The van der Waals surface area contributed by atoms with E-state index in [1.54, 1.807) is 12.1 Å². The molecule has 0 aliphatic rings. The smallest absolute Gasteiger partial charge is 0.336 e. The van der Waals surface area contributed by atoms with Crippen LogP contribution in [-0.4, -0.2) is 14.2 Å². The third-order valence-corrected chi connectivity index (χ3v) is 4.82. The van der Waals surface area contributed by atoms with Gasteiger partial charge in [-0.3, -0.25) is 9.52 Å². The van der Waals surface area contributed by atoms with Gasteiger partial charge >= 0.3 is 5.63 Å². The Morgan fingerprint density at radius 2 is 1.71 bits per heavy atom. The lowest BCUT2D eigenvalue weighted by atomic mass is 10.1. The van der Waals surface area contributed by atoms with Gasteiger partial charge in [-0.15, -0.1) is 0 Å². The number of rotatable bonds is 4. The van der Waals surface area contributed by atoms with Gasteiger partial charge in [0.15, 0.2) is 5.78 Å². The summed E-state index contributed by atoms with van der Waals surface area (Å²) in [5, 5.41) is 0.504. The fraction of sp³-hybridized carbons (Fsp3) is 0.0588. The van der Waals surface area contributed by atoms with Gasteiger partial charge < -0.3 is 4.42 Å². The Bertz CT molecular complexity index is 1080. The van der Waals surface area contributed by atoms with Gasteiger partial charge in [-0.05, 0) is 55.5 Å². The normalized spacial score (nSPS) is 11.4. The largest absolute Gasteiger partial charge is 0.423 e. The summed E-state index contributed by atoms with van der Waals surface area (Å²) in [5.74, 6) is -0.0968. The van der Waals surface area contributed by atoms with E-state index < -0.39 is 15.6 Å². The maximum absolute atomic E-state index is 12.5. The van der Waals surface area contributed by atoms with Crippen molar-refractivity contribution in [3.8, 4) is 0 Å². The molecule has 0 radical (unpaired) electrons. The molecule has 122 valence electrons. The molecule has 24 heavy (non-hydrogen) atoms. The molecule has 0 amide bonds. The topological polar surface area (TPSA) is 93.4 Å². The van der Waals surface area contributed by atoms with Crippen molar-refractivity contribution in [1.29, 1.82) is 0 Å². The van der Waals surface area contributed by atoms with Crippen molar-refractivity contribution in [3.63, 3.8) is 0 Å². The van der Waals surface area contributed by atoms with Crippen LogP contribution in [0.3, 0.4) is 0 Å². The quantitative estimate of drug-likeness (QED) is 0.581. The summed E-state index contributed by atoms with van der Waals surface area (Å²) in [7, 11) is -3.80. The Hall–Kier alpha value is -2.93. The van der Waals surface area contributed by atoms with Crippen LogP contribution in [-0.2, 0) is 10.0 Å². The maximum atomic E-state index is 12.5. The first-order chi connectivity index (χ1) is 11.3. The number of ketones is 1. The molecule has 6 nitrogen and oxygen atoms in total. The van der Waals surface area contributed by atoms with Crippen LogP contribution < -0.4 is 10.3 Å². The van der Waals surface area contributed by atoms with Gasteiger partial charge in [-0.2, -0.15) is 0 Å². The van der Waals surface area contributed by atoms with Crippen molar-refractivity contribution < 1.29 is 17.6 Å². The number of hydrogen-bond donors (Lipinski definition) is 1. The number of fused-ring (bicyclic) bond motifs is 1. The number of sulfonamides is 1. The van der Waals surface area contributed by atoms with Crippen molar-refractivity contribution in [2.45, 2.75) is 11.8 Å². The molecule has 0 aliphatic carbocycles. The lowest BCUT2D eigenvalue weighted by molar-refractivity contribution is 0.101. The summed E-state index contributed by atoms with van der Waals surface area (Å²) in [5.41, 5.74) is 0.660. The third-order valence-electron chi connectivity index (χ3n) is 3.44. The van der Waals surface area contributed by atoms with Crippen LogP contribution in [0, 0.1) is 0 Å². The van der Waals surface area contributed by atoms with Crippen molar-refractivity contribution >= 4 is 32.5 Å². The van der Waals surface area contributed by atoms with Crippen LogP contribution in [0.4, 0.5) is 5.69 Å². The van der Waals surface area contributed by atoms with E-state index in [1.165, 1.54) is 49.4 Å². The number of carbonyl (C=O) groups excluding carboxylic acids is 1. The zero-order valence-electron chi connectivity index (χ0n) is 12.6. The fourth-order valence-corrected chi connectivity index (χ4v) is 3.30. The highest BCUT2D eigenvalue weighted by Gasteiger charge is 2.15. The zero-order chi connectivity index (χ0) is 17.3. The van der Waals surface area contributed by atoms with E-state index in [0.717, 1.165) is 0 Å². The zero-order valence-corrected chi connectivity index (χ0v) is 13.5. The van der Waals surface area contributed by atoms with E-state index in [2.05, 4.69) is 4.72 Å². The lowest BCUT2D eigenvalue weighted by Gasteiger charge is -2.09. The number of carbonyl (C=O) groups is 1. The van der Waals surface area contributed by atoms with Crippen molar-refractivity contribution in [2.75, 3.05) is 4.72 Å². The fourth-order valence-electron chi connectivity index (χ4n) is 2.20. The minimum atomic E-state index is -3.80. The van der Waals surface area contributed by atoms with Gasteiger partial charge in [0.25, 0.3) is 10.0 Å². The standard InChI is InChI=1S/C17H13NO5S/c1-11(19)12-2-5-14(6-3-12)18-24(21,22)15-7-8-16-13(10-15)4-9-17(20)23-16/h2-10,18H,1H3. The van der Waals surface area contributed by atoms with Crippen molar-refractivity contribution in [1.82, 2.24) is 0 Å². The summed E-state index contributed by atoms with van der Waals surface area (Å²) < 4.78 is 32.3. The Morgan fingerprint density at radius 1 is 1.00 bits per heavy atom. The Morgan fingerprint density at radius 3 is 2.38 bits per heavy atom.